The molecule has 0 bridgehead atoms. The number of carbonyl (C=O) groups is 2. The van der Waals surface area contributed by atoms with Gasteiger partial charge in [-0.2, -0.15) is 8.42 Å². The molecule has 0 aliphatic heterocycles. The van der Waals surface area contributed by atoms with E-state index in [2.05, 4.69) is 10.6 Å². The van der Waals surface area contributed by atoms with E-state index in [9.17, 15) is 22.6 Å². The number of hydrogen-bond donors (Lipinski definition) is 4. The highest BCUT2D eigenvalue weighted by atomic mass is 32.2. The van der Waals surface area contributed by atoms with Crippen LogP contribution in [0.1, 0.15) is 23.6 Å². The molecule has 1 unspecified atom stereocenters. The minimum atomic E-state index is -4.46. The quantitative estimate of drug-likeness (QED) is 0.297. The zero-order valence-corrected chi connectivity index (χ0v) is 18.8. The van der Waals surface area contributed by atoms with Gasteiger partial charge in [0.1, 0.15) is 4.90 Å². The Balaban J connectivity index is 1.88. The van der Waals surface area contributed by atoms with Crippen molar-refractivity contribution in [2.75, 3.05) is 12.8 Å². The maximum absolute atomic E-state index is 12.6. The highest BCUT2D eigenvalue weighted by Gasteiger charge is 2.20. The van der Waals surface area contributed by atoms with Crippen molar-refractivity contribution in [3.63, 3.8) is 0 Å². The van der Waals surface area contributed by atoms with E-state index in [4.69, 9.17) is 5.73 Å². The van der Waals surface area contributed by atoms with E-state index in [1.807, 2.05) is 30.3 Å². The lowest BCUT2D eigenvalue weighted by molar-refractivity contribution is -0.123. The molecule has 2 amide bonds. The second-order valence-corrected chi connectivity index (χ2v) is 8.90. The van der Waals surface area contributed by atoms with Gasteiger partial charge in [-0.15, -0.1) is 0 Å². The Labute approximate surface area is 192 Å². The van der Waals surface area contributed by atoms with E-state index >= 15 is 0 Å². The van der Waals surface area contributed by atoms with Crippen LogP contribution < -0.4 is 16.4 Å². The van der Waals surface area contributed by atoms with Crippen LogP contribution in [0.25, 0.3) is 11.1 Å². The molecule has 3 rings (SSSR count). The molecule has 0 spiro atoms. The predicted molar refractivity (Wildman–Crippen MR) is 126 cm³/mol. The van der Waals surface area contributed by atoms with Crippen molar-refractivity contribution in [1.29, 1.82) is 0 Å². The largest absolute Gasteiger partial charge is 0.399 e. The van der Waals surface area contributed by atoms with E-state index in [0.29, 0.717) is 16.8 Å². The molecule has 3 aromatic rings. The first-order valence-electron chi connectivity index (χ1n) is 10.2. The van der Waals surface area contributed by atoms with E-state index in [1.165, 1.54) is 25.2 Å². The minimum Gasteiger partial charge on any atom is -0.399 e. The Morgan fingerprint density at radius 1 is 0.970 bits per heavy atom. The average molecular weight is 468 g/mol. The van der Waals surface area contributed by atoms with Gasteiger partial charge in [0.25, 0.3) is 10.1 Å². The molecular formula is C24H25N3O5S. The molecule has 0 heterocycles. The molecule has 9 heteroatoms. The summed E-state index contributed by atoms with van der Waals surface area (Å²) in [6, 6.07) is 19.5. The fourth-order valence-corrected chi connectivity index (χ4v) is 4.15. The van der Waals surface area contributed by atoms with Crippen LogP contribution in [-0.2, 0) is 26.1 Å². The van der Waals surface area contributed by atoms with Crippen LogP contribution in [0.2, 0.25) is 0 Å². The Hall–Kier alpha value is -3.69. The summed E-state index contributed by atoms with van der Waals surface area (Å²) in [7, 11) is -2.94. The number of nitrogens with two attached hydrogens (primary N) is 1. The summed E-state index contributed by atoms with van der Waals surface area (Å²) in [5, 5.41) is 5.45. The van der Waals surface area contributed by atoms with Crippen LogP contribution in [0, 0.1) is 0 Å². The van der Waals surface area contributed by atoms with Crippen molar-refractivity contribution in [3.8, 4) is 11.1 Å². The SMILES string of the molecule is CNC(=O)CC(NC(=O)Cc1ccccc1)c1ccc(-c2cc(N)ccc2S(=O)(=O)O)cc1. The van der Waals surface area contributed by atoms with Crippen LogP contribution in [0.3, 0.4) is 0 Å². The number of carbonyl (C=O) groups excluding carboxylic acids is 2. The van der Waals surface area contributed by atoms with Gasteiger partial charge in [-0.25, -0.2) is 0 Å². The standard InChI is InChI=1S/C24H25N3O5S/c1-26-23(28)15-21(27-24(29)13-16-5-3-2-4-6-16)18-9-7-17(8-10-18)20-14-19(25)11-12-22(20)33(30,31)32/h2-12,14,21H,13,15,25H2,1H3,(H,26,28)(H,27,29)(H,30,31,32). The van der Waals surface area contributed by atoms with Crippen LogP contribution in [0.4, 0.5) is 5.69 Å². The molecule has 33 heavy (non-hydrogen) atoms. The van der Waals surface area contributed by atoms with Gasteiger partial charge >= 0.3 is 0 Å². The van der Waals surface area contributed by atoms with Crippen LogP contribution in [0.15, 0.2) is 77.7 Å². The summed E-state index contributed by atoms with van der Waals surface area (Å²) in [5.74, 6) is -0.475. The number of benzene rings is 3. The van der Waals surface area contributed by atoms with Crippen molar-refractivity contribution >= 4 is 27.6 Å². The lowest BCUT2D eigenvalue weighted by Crippen LogP contribution is -2.33. The number of hydrogen-bond acceptors (Lipinski definition) is 5. The highest BCUT2D eigenvalue weighted by Crippen LogP contribution is 2.30. The van der Waals surface area contributed by atoms with Gasteiger partial charge in [-0.3, -0.25) is 14.1 Å². The first-order valence-corrected chi connectivity index (χ1v) is 11.6. The van der Waals surface area contributed by atoms with Gasteiger partial charge in [-0.05, 0) is 34.9 Å². The minimum absolute atomic E-state index is 0.0327. The first-order chi connectivity index (χ1) is 15.7. The normalized spacial score (nSPS) is 12.1. The predicted octanol–water partition coefficient (Wildman–Crippen LogP) is 2.72. The fourth-order valence-electron chi connectivity index (χ4n) is 3.46. The van der Waals surface area contributed by atoms with Gasteiger partial charge in [0, 0.05) is 18.3 Å². The van der Waals surface area contributed by atoms with Crippen molar-refractivity contribution in [3.05, 3.63) is 83.9 Å². The molecule has 0 fully saturated rings. The summed E-state index contributed by atoms with van der Waals surface area (Å²) in [6.45, 7) is 0. The molecule has 0 aromatic heterocycles. The zero-order chi connectivity index (χ0) is 24.0. The van der Waals surface area contributed by atoms with Gasteiger partial charge < -0.3 is 16.4 Å². The van der Waals surface area contributed by atoms with E-state index in [1.54, 1.807) is 24.3 Å². The van der Waals surface area contributed by atoms with Crippen LogP contribution >= 0.6 is 0 Å². The first kappa shape index (κ1) is 24.0. The van der Waals surface area contributed by atoms with Gasteiger partial charge in [0.05, 0.1) is 18.9 Å². The number of nitrogen functional groups attached to an aromatic ring is 1. The Bertz CT molecular complexity index is 1240. The summed E-state index contributed by atoms with van der Waals surface area (Å²) in [4.78, 5) is 24.4. The van der Waals surface area contributed by atoms with E-state index in [0.717, 1.165) is 5.56 Å². The number of nitrogens with one attached hydrogen (secondary N) is 2. The summed E-state index contributed by atoms with van der Waals surface area (Å²) in [5.41, 5.74) is 8.42. The molecule has 0 aliphatic rings. The van der Waals surface area contributed by atoms with Crippen molar-refractivity contribution in [2.45, 2.75) is 23.8 Å². The molecule has 0 aliphatic carbocycles. The summed E-state index contributed by atoms with van der Waals surface area (Å²) in [6.07, 6.45) is 0.203. The van der Waals surface area contributed by atoms with Crippen LogP contribution in [0.5, 0.6) is 0 Å². The number of rotatable bonds is 8. The zero-order valence-electron chi connectivity index (χ0n) is 18.0. The van der Waals surface area contributed by atoms with E-state index < -0.39 is 16.2 Å². The highest BCUT2D eigenvalue weighted by molar-refractivity contribution is 7.86. The smallest absolute Gasteiger partial charge is 0.295 e. The summed E-state index contributed by atoms with van der Waals surface area (Å²) >= 11 is 0. The molecule has 5 N–H and O–H groups in total. The molecule has 0 saturated carbocycles. The Kier molecular flexibility index (Phi) is 7.47. The molecule has 8 nitrogen and oxygen atoms in total. The topological polar surface area (TPSA) is 139 Å². The monoisotopic (exact) mass is 467 g/mol. The lowest BCUT2D eigenvalue weighted by atomic mass is 9.98. The fraction of sp³-hybridized carbons (Fsp3) is 0.167. The van der Waals surface area contributed by atoms with Crippen LogP contribution in [-0.4, -0.2) is 31.8 Å². The second-order valence-electron chi connectivity index (χ2n) is 7.51. The molecule has 3 aromatic carbocycles. The third-order valence-electron chi connectivity index (χ3n) is 5.12. The van der Waals surface area contributed by atoms with Gasteiger partial charge in [0.15, 0.2) is 0 Å². The van der Waals surface area contributed by atoms with Crippen molar-refractivity contribution in [2.24, 2.45) is 0 Å². The second kappa shape index (κ2) is 10.3. The molecule has 0 saturated heterocycles. The Morgan fingerprint density at radius 2 is 1.64 bits per heavy atom. The van der Waals surface area contributed by atoms with Crippen molar-refractivity contribution in [1.82, 2.24) is 10.6 Å². The summed E-state index contributed by atoms with van der Waals surface area (Å²) < 4.78 is 33.1. The third kappa shape index (κ3) is 6.41. The molecule has 1 atom stereocenters. The lowest BCUT2D eigenvalue weighted by Gasteiger charge is -2.19. The number of anilines is 1. The number of amides is 2. The average Bonchev–Trinajstić information content (AvgIpc) is 2.78. The maximum Gasteiger partial charge on any atom is 0.295 e. The van der Waals surface area contributed by atoms with E-state index in [-0.39, 0.29) is 35.1 Å². The third-order valence-corrected chi connectivity index (χ3v) is 6.03. The van der Waals surface area contributed by atoms with Crippen molar-refractivity contribution < 1.29 is 22.6 Å². The van der Waals surface area contributed by atoms with Gasteiger partial charge in [-0.1, -0.05) is 54.6 Å². The Morgan fingerprint density at radius 3 is 2.24 bits per heavy atom. The molecular weight excluding hydrogens is 442 g/mol. The molecule has 172 valence electrons. The maximum atomic E-state index is 12.6. The van der Waals surface area contributed by atoms with Gasteiger partial charge in [0.2, 0.25) is 11.8 Å². The molecule has 0 radical (unpaired) electrons.